The van der Waals surface area contributed by atoms with Gasteiger partial charge >= 0.3 is 0 Å². The Morgan fingerprint density at radius 2 is 2.12 bits per heavy atom. The number of phenols is 1. The molecule has 2 N–H and O–H groups in total. The minimum atomic E-state index is -3.45. The summed E-state index contributed by atoms with van der Waals surface area (Å²) in [5.74, 6) is -0.898. The summed E-state index contributed by atoms with van der Waals surface area (Å²) in [6.45, 7) is 1.52. The van der Waals surface area contributed by atoms with Gasteiger partial charge in [-0.1, -0.05) is 6.92 Å². The Balaban J connectivity index is 1.92. The summed E-state index contributed by atoms with van der Waals surface area (Å²) in [6.07, 6.45) is 3.22. The maximum absolute atomic E-state index is 12.3. The zero-order valence-electron chi connectivity index (χ0n) is 12.7. The fourth-order valence-electron chi connectivity index (χ4n) is 2.10. The van der Waals surface area contributed by atoms with Crippen LogP contribution in [-0.4, -0.2) is 39.8 Å². The first kappa shape index (κ1) is 15.9. The van der Waals surface area contributed by atoms with E-state index in [9.17, 15) is 18.3 Å². The van der Waals surface area contributed by atoms with Gasteiger partial charge < -0.3 is 10.4 Å². The fourth-order valence-corrected chi connectivity index (χ4v) is 3.01. The van der Waals surface area contributed by atoms with Gasteiger partial charge in [0.1, 0.15) is 5.75 Å². The Kier molecular flexibility index (Phi) is 3.94. The quantitative estimate of drug-likeness (QED) is 0.692. The highest BCUT2D eigenvalue weighted by Crippen LogP contribution is 2.27. The molecule has 8 nitrogen and oxygen atoms in total. The standard InChI is InChI=1S/C15H14N4O4S/c1-2-24(22,23)10-4-5-13(20)11(8-10)17-15(21)12-9-14-16-6-3-7-19(14)18-12/h3-9,20H,2H2,1H3,(H,17,21). The molecule has 0 radical (unpaired) electrons. The molecular weight excluding hydrogens is 332 g/mol. The van der Waals surface area contributed by atoms with E-state index in [1.807, 2.05) is 0 Å². The predicted molar refractivity (Wildman–Crippen MR) is 86.8 cm³/mol. The molecule has 0 fully saturated rings. The summed E-state index contributed by atoms with van der Waals surface area (Å²) in [5, 5.41) is 16.4. The Labute approximate surface area is 137 Å². The van der Waals surface area contributed by atoms with Gasteiger partial charge in [-0.15, -0.1) is 0 Å². The summed E-state index contributed by atoms with van der Waals surface area (Å²) in [5.41, 5.74) is 0.588. The Hall–Kier alpha value is -2.94. The van der Waals surface area contributed by atoms with E-state index in [4.69, 9.17) is 0 Å². The highest BCUT2D eigenvalue weighted by atomic mass is 32.2. The number of carbonyl (C=O) groups excluding carboxylic acids is 1. The third kappa shape index (κ3) is 2.93. The summed E-state index contributed by atoms with van der Waals surface area (Å²) < 4.78 is 25.3. The fraction of sp³-hybridized carbons (Fsp3) is 0.133. The van der Waals surface area contributed by atoms with Gasteiger partial charge in [0.25, 0.3) is 5.91 Å². The number of phenolic OH excluding ortho intramolecular Hbond substituents is 1. The average Bonchev–Trinajstić information content (AvgIpc) is 3.01. The predicted octanol–water partition coefficient (Wildman–Crippen LogP) is 1.48. The first-order valence-corrected chi connectivity index (χ1v) is 8.73. The van der Waals surface area contributed by atoms with Gasteiger partial charge in [-0.2, -0.15) is 5.10 Å². The molecule has 2 aromatic heterocycles. The van der Waals surface area contributed by atoms with Gasteiger partial charge in [0, 0.05) is 18.5 Å². The van der Waals surface area contributed by atoms with Crippen LogP contribution in [-0.2, 0) is 9.84 Å². The molecule has 0 aliphatic heterocycles. The third-order valence-corrected chi connectivity index (χ3v) is 5.16. The number of sulfone groups is 1. The Bertz CT molecular complexity index is 994. The van der Waals surface area contributed by atoms with Crippen LogP contribution >= 0.6 is 0 Å². The van der Waals surface area contributed by atoms with Gasteiger partial charge in [-0.3, -0.25) is 4.79 Å². The smallest absolute Gasteiger partial charge is 0.276 e. The van der Waals surface area contributed by atoms with Crippen molar-refractivity contribution in [2.75, 3.05) is 11.1 Å². The second kappa shape index (κ2) is 5.93. The lowest BCUT2D eigenvalue weighted by atomic mass is 10.3. The molecule has 0 spiro atoms. The van der Waals surface area contributed by atoms with Gasteiger partial charge in [0.05, 0.1) is 16.3 Å². The summed E-state index contributed by atoms with van der Waals surface area (Å²) in [4.78, 5) is 16.4. The molecule has 3 aromatic rings. The van der Waals surface area contributed by atoms with Crippen LogP contribution in [0.25, 0.3) is 5.65 Å². The van der Waals surface area contributed by atoms with Crippen LogP contribution in [0.3, 0.4) is 0 Å². The van der Waals surface area contributed by atoms with E-state index in [-0.39, 0.29) is 27.8 Å². The van der Waals surface area contributed by atoms with Gasteiger partial charge in [-0.05, 0) is 24.3 Å². The number of fused-ring (bicyclic) bond motifs is 1. The van der Waals surface area contributed by atoms with Crippen LogP contribution in [0.15, 0.2) is 47.6 Å². The normalized spacial score (nSPS) is 11.5. The molecular formula is C15H14N4O4S. The zero-order valence-corrected chi connectivity index (χ0v) is 13.5. The lowest BCUT2D eigenvalue weighted by molar-refractivity contribution is 0.102. The molecule has 0 aliphatic rings. The number of carbonyl (C=O) groups is 1. The van der Waals surface area contributed by atoms with Crippen molar-refractivity contribution in [1.82, 2.24) is 14.6 Å². The summed E-state index contributed by atoms with van der Waals surface area (Å²) in [6, 6.07) is 6.90. The molecule has 0 aliphatic carbocycles. The van der Waals surface area contributed by atoms with Crippen molar-refractivity contribution >= 4 is 27.1 Å². The first-order valence-electron chi connectivity index (χ1n) is 7.08. The first-order chi connectivity index (χ1) is 11.4. The molecule has 24 heavy (non-hydrogen) atoms. The van der Waals surface area contributed by atoms with E-state index in [0.29, 0.717) is 5.65 Å². The van der Waals surface area contributed by atoms with Crippen LogP contribution in [0, 0.1) is 0 Å². The minimum Gasteiger partial charge on any atom is -0.506 e. The molecule has 0 atom stereocenters. The number of hydrogen-bond donors (Lipinski definition) is 2. The van der Waals surface area contributed by atoms with Crippen molar-refractivity contribution in [3.8, 4) is 5.75 Å². The van der Waals surface area contributed by atoms with E-state index in [1.54, 1.807) is 18.5 Å². The van der Waals surface area contributed by atoms with Gasteiger partial charge in [0.2, 0.25) is 0 Å². The molecule has 1 aromatic carbocycles. The van der Waals surface area contributed by atoms with Crippen LogP contribution in [0.2, 0.25) is 0 Å². The van der Waals surface area contributed by atoms with Crippen molar-refractivity contribution < 1.29 is 18.3 Å². The zero-order chi connectivity index (χ0) is 17.3. The summed E-state index contributed by atoms with van der Waals surface area (Å²) >= 11 is 0. The van der Waals surface area contributed by atoms with Gasteiger partial charge in [0.15, 0.2) is 21.2 Å². The van der Waals surface area contributed by atoms with Crippen molar-refractivity contribution in [3.63, 3.8) is 0 Å². The molecule has 9 heteroatoms. The van der Waals surface area contributed by atoms with Crippen LogP contribution in [0.1, 0.15) is 17.4 Å². The van der Waals surface area contributed by atoms with E-state index < -0.39 is 15.7 Å². The molecule has 0 saturated carbocycles. The van der Waals surface area contributed by atoms with Crippen molar-refractivity contribution in [2.24, 2.45) is 0 Å². The lowest BCUT2D eigenvalue weighted by Crippen LogP contribution is -2.13. The molecule has 0 saturated heterocycles. The SMILES string of the molecule is CCS(=O)(=O)c1ccc(O)c(NC(=O)c2cc3ncccn3n2)c1. The van der Waals surface area contributed by atoms with Gasteiger partial charge in [-0.25, -0.2) is 17.9 Å². The maximum atomic E-state index is 12.3. The highest BCUT2D eigenvalue weighted by Gasteiger charge is 2.17. The van der Waals surface area contributed by atoms with E-state index in [1.165, 1.54) is 35.7 Å². The topological polar surface area (TPSA) is 114 Å². The number of benzene rings is 1. The largest absolute Gasteiger partial charge is 0.506 e. The second-order valence-corrected chi connectivity index (χ2v) is 7.27. The minimum absolute atomic E-state index is 0.000426. The molecule has 2 heterocycles. The maximum Gasteiger partial charge on any atom is 0.276 e. The molecule has 1 amide bonds. The number of aromatic hydroxyl groups is 1. The van der Waals surface area contributed by atoms with Crippen LogP contribution in [0.4, 0.5) is 5.69 Å². The molecule has 3 rings (SSSR count). The lowest BCUT2D eigenvalue weighted by Gasteiger charge is -2.08. The number of nitrogens with zero attached hydrogens (tertiary/aromatic N) is 3. The van der Waals surface area contributed by atoms with Crippen LogP contribution in [0.5, 0.6) is 5.75 Å². The number of hydrogen-bond acceptors (Lipinski definition) is 6. The monoisotopic (exact) mass is 346 g/mol. The van der Waals surface area contributed by atoms with Crippen molar-refractivity contribution in [2.45, 2.75) is 11.8 Å². The molecule has 124 valence electrons. The Morgan fingerprint density at radius 3 is 2.83 bits per heavy atom. The molecule has 0 unspecified atom stereocenters. The number of rotatable bonds is 4. The number of aromatic nitrogens is 3. The summed E-state index contributed by atoms with van der Waals surface area (Å²) in [7, 11) is -3.45. The van der Waals surface area contributed by atoms with E-state index in [2.05, 4.69) is 15.4 Å². The number of nitrogens with one attached hydrogen (secondary N) is 1. The molecule has 0 bridgehead atoms. The van der Waals surface area contributed by atoms with Crippen molar-refractivity contribution in [1.29, 1.82) is 0 Å². The number of anilines is 1. The highest BCUT2D eigenvalue weighted by molar-refractivity contribution is 7.91. The average molecular weight is 346 g/mol. The third-order valence-electron chi connectivity index (χ3n) is 3.42. The van der Waals surface area contributed by atoms with E-state index >= 15 is 0 Å². The van der Waals surface area contributed by atoms with E-state index in [0.717, 1.165) is 0 Å². The second-order valence-electron chi connectivity index (χ2n) is 4.99. The number of amides is 1. The van der Waals surface area contributed by atoms with Crippen LogP contribution < -0.4 is 5.32 Å². The Morgan fingerprint density at radius 1 is 1.33 bits per heavy atom. The van der Waals surface area contributed by atoms with Crippen molar-refractivity contribution in [3.05, 3.63) is 48.4 Å².